The van der Waals surface area contributed by atoms with Crippen LogP contribution in [0.5, 0.6) is 0 Å². The normalized spacial score (nSPS) is 14.3. The van der Waals surface area contributed by atoms with Crippen LogP contribution in [0.25, 0.3) is 0 Å². The van der Waals surface area contributed by atoms with Crippen molar-refractivity contribution in [2.75, 3.05) is 0 Å². The third-order valence-corrected chi connectivity index (χ3v) is 3.41. The fourth-order valence-electron chi connectivity index (χ4n) is 1.93. The third kappa shape index (κ3) is 2.27. The average molecular weight is 244 g/mol. The number of benzene rings is 1. The highest BCUT2D eigenvalue weighted by Crippen LogP contribution is 2.27. The van der Waals surface area contributed by atoms with E-state index in [1.54, 1.807) is 6.20 Å². The predicted octanol–water partition coefficient (Wildman–Crippen LogP) is 3.06. The molecule has 1 atom stereocenters. The predicted molar refractivity (Wildman–Crippen MR) is 70.8 cm³/mol. The van der Waals surface area contributed by atoms with Gasteiger partial charge >= 0.3 is 0 Å². The maximum absolute atomic E-state index is 13.2. The van der Waals surface area contributed by atoms with Crippen molar-refractivity contribution in [2.45, 2.75) is 26.3 Å². The number of aryl methyl sites for hydroxylation is 2. The van der Waals surface area contributed by atoms with Gasteiger partial charge in [-0.05, 0) is 49.1 Å². The van der Waals surface area contributed by atoms with Crippen molar-refractivity contribution in [1.29, 1.82) is 0 Å². The summed E-state index contributed by atoms with van der Waals surface area (Å²) in [6.45, 7) is 5.96. The fourth-order valence-corrected chi connectivity index (χ4v) is 1.93. The smallest absolute Gasteiger partial charge is 0.141 e. The molecule has 94 valence electrons. The Morgan fingerprint density at radius 1 is 1.06 bits per heavy atom. The number of rotatable bonds is 2. The molecule has 0 fully saturated rings. The zero-order valence-corrected chi connectivity index (χ0v) is 10.9. The molecule has 0 aliphatic carbocycles. The highest BCUT2D eigenvalue weighted by atomic mass is 19.1. The maximum atomic E-state index is 13.2. The molecule has 0 bridgehead atoms. The number of hydrogen-bond donors (Lipinski definition) is 1. The van der Waals surface area contributed by atoms with Gasteiger partial charge in [-0.15, -0.1) is 0 Å². The molecular formula is C15H17FN2. The molecule has 1 aromatic carbocycles. The van der Waals surface area contributed by atoms with Gasteiger partial charge in [0.1, 0.15) is 5.82 Å². The Labute approximate surface area is 107 Å². The molecule has 2 aromatic rings. The van der Waals surface area contributed by atoms with Crippen molar-refractivity contribution >= 4 is 0 Å². The van der Waals surface area contributed by atoms with Gasteiger partial charge in [-0.1, -0.05) is 18.2 Å². The van der Waals surface area contributed by atoms with Gasteiger partial charge in [0.2, 0.25) is 0 Å². The van der Waals surface area contributed by atoms with E-state index in [1.165, 1.54) is 23.4 Å². The summed E-state index contributed by atoms with van der Waals surface area (Å²) < 4.78 is 13.2. The lowest BCUT2D eigenvalue weighted by Crippen LogP contribution is -2.34. The second-order valence-corrected chi connectivity index (χ2v) is 4.89. The average Bonchev–Trinajstić information content (AvgIpc) is 2.32. The van der Waals surface area contributed by atoms with E-state index in [0.717, 1.165) is 5.56 Å². The van der Waals surface area contributed by atoms with Crippen molar-refractivity contribution in [3.8, 4) is 0 Å². The monoisotopic (exact) mass is 244 g/mol. The van der Waals surface area contributed by atoms with Crippen molar-refractivity contribution in [3.63, 3.8) is 0 Å². The second-order valence-electron chi connectivity index (χ2n) is 4.89. The lowest BCUT2D eigenvalue weighted by atomic mass is 9.85. The Hall–Kier alpha value is -1.74. The van der Waals surface area contributed by atoms with E-state index in [-0.39, 0.29) is 5.82 Å². The van der Waals surface area contributed by atoms with E-state index >= 15 is 0 Å². The second kappa shape index (κ2) is 4.50. The topological polar surface area (TPSA) is 38.9 Å². The van der Waals surface area contributed by atoms with Crippen molar-refractivity contribution in [1.82, 2.24) is 4.98 Å². The first-order valence-electron chi connectivity index (χ1n) is 5.89. The quantitative estimate of drug-likeness (QED) is 0.881. The Morgan fingerprint density at radius 3 is 2.39 bits per heavy atom. The summed E-state index contributed by atoms with van der Waals surface area (Å²) in [5, 5.41) is 0. The molecule has 0 aliphatic rings. The molecular weight excluding hydrogens is 227 g/mol. The van der Waals surface area contributed by atoms with Crippen LogP contribution in [-0.2, 0) is 5.54 Å². The van der Waals surface area contributed by atoms with Gasteiger partial charge in [-0.2, -0.15) is 0 Å². The summed E-state index contributed by atoms with van der Waals surface area (Å²) in [4.78, 5) is 3.86. The van der Waals surface area contributed by atoms with Crippen molar-refractivity contribution < 1.29 is 4.39 Å². The summed E-state index contributed by atoms with van der Waals surface area (Å²) in [6.07, 6.45) is 2.79. The third-order valence-electron chi connectivity index (χ3n) is 3.41. The first kappa shape index (κ1) is 12.7. The van der Waals surface area contributed by atoms with E-state index in [0.29, 0.717) is 5.56 Å². The molecule has 0 saturated heterocycles. The first-order chi connectivity index (χ1) is 8.41. The lowest BCUT2D eigenvalue weighted by molar-refractivity contribution is 0.574. The molecule has 1 unspecified atom stereocenters. The summed E-state index contributed by atoms with van der Waals surface area (Å²) in [7, 11) is 0. The SMILES string of the molecule is Cc1ccc(C(C)(N)c2cncc(F)c2)cc1C. The van der Waals surface area contributed by atoms with Crippen LogP contribution in [0.4, 0.5) is 4.39 Å². The van der Waals surface area contributed by atoms with E-state index < -0.39 is 5.54 Å². The molecule has 2 rings (SSSR count). The maximum Gasteiger partial charge on any atom is 0.141 e. The van der Waals surface area contributed by atoms with E-state index in [9.17, 15) is 4.39 Å². The number of nitrogens with zero attached hydrogens (tertiary/aromatic N) is 1. The molecule has 1 aromatic heterocycles. The molecule has 0 spiro atoms. The summed E-state index contributed by atoms with van der Waals surface area (Å²) >= 11 is 0. The molecule has 1 heterocycles. The van der Waals surface area contributed by atoms with Gasteiger partial charge in [0.05, 0.1) is 11.7 Å². The van der Waals surface area contributed by atoms with Gasteiger partial charge in [0.25, 0.3) is 0 Å². The Kier molecular flexibility index (Phi) is 3.18. The van der Waals surface area contributed by atoms with Crippen LogP contribution in [-0.4, -0.2) is 4.98 Å². The lowest BCUT2D eigenvalue weighted by Gasteiger charge is -2.26. The molecule has 2 N–H and O–H groups in total. The molecule has 18 heavy (non-hydrogen) atoms. The Morgan fingerprint density at radius 2 is 1.78 bits per heavy atom. The van der Waals surface area contributed by atoms with Gasteiger partial charge in [0, 0.05) is 6.20 Å². The van der Waals surface area contributed by atoms with Gasteiger partial charge < -0.3 is 5.73 Å². The van der Waals surface area contributed by atoms with E-state index in [2.05, 4.69) is 11.9 Å². The van der Waals surface area contributed by atoms with Gasteiger partial charge in [-0.3, -0.25) is 4.98 Å². The summed E-state index contributed by atoms with van der Waals surface area (Å²) in [5.41, 5.74) is 9.62. The zero-order valence-electron chi connectivity index (χ0n) is 10.9. The molecule has 0 radical (unpaired) electrons. The summed E-state index contributed by atoms with van der Waals surface area (Å²) in [6, 6.07) is 7.48. The molecule has 0 amide bonds. The van der Waals surface area contributed by atoms with Crippen LogP contribution < -0.4 is 5.73 Å². The first-order valence-corrected chi connectivity index (χ1v) is 5.89. The van der Waals surface area contributed by atoms with Crippen LogP contribution in [0, 0.1) is 19.7 Å². The zero-order chi connectivity index (χ0) is 13.3. The Bertz CT molecular complexity index is 576. The minimum atomic E-state index is -0.743. The number of pyridine rings is 1. The number of aromatic nitrogens is 1. The number of nitrogens with two attached hydrogens (primary N) is 1. The molecule has 0 aliphatic heterocycles. The molecule has 3 heteroatoms. The standard InChI is InChI=1S/C15H17FN2/c1-10-4-5-12(6-11(10)2)15(3,17)13-7-14(16)9-18-8-13/h4-9H,17H2,1-3H3. The van der Waals surface area contributed by atoms with Crippen LogP contribution in [0.3, 0.4) is 0 Å². The van der Waals surface area contributed by atoms with Crippen molar-refractivity contribution in [3.05, 3.63) is 64.7 Å². The fraction of sp³-hybridized carbons (Fsp3) is 0.267. The largest absolute Gasteiger partial charge is 0.318 e. The highest BCUT2D eigenvalue weighted by molar-refractivity contribution is 5.40. The van der Waals surface area contributed by atoms with Crippen LogP contribution in [0.1, 0.15) is 29.2 Å². The highest BCUT2D eigenvalue weighted by Gasteiger charge is 2.24. The van der Waals surface area contributed by atoms with Gasteiger partial charge in [0.15, 0.2) is 0 Å². The van der Waals surface area contributed by atoms with E-state index in [1.807, 2.05) is 32.0 Å². The summed E-state index contributed by atoms with van der Waals surface area (Å²) in [5.74, 6) is -0.368. The minimum absolute atomic E-state index is 0.368. The number of hydrogen-bond acceptors (Lipinski definition) is 2. The number of halogens is 1. The minimum Gasteiger partial charge on any atom is -0.318 e. The van der Waals surface area contributed by atoms with Crippen LogP contribution in [0.15, 0.2) is 36.7 Å². The Balaban J connectivity index is 2.50. The van der Waals surface area contributed by atoms with Gasteiger partial charge in [-0.25, -0.2) is 4.39 Å². The molecule has 0 saturated carbocycles. The van der Waals surface area contributed by atoms with Crippen LogP contribution in [0.2, 0.25) is 0 Å². The van der Waals surface area contributed by atoms with E-state index in [4.69, 9.17) is 5.73 Å². The van der Waals surface area contributed by atoms with Crippen molar-refractivity contribution in [2.24, 2.45) is 5.73 Å². The molecule has 2 nitrogen and oxygen atoms in total. The van der Waals surface area contributed by atoms with Crippen LogP contribution >= 0.6 is 0 Å².